The monoisotopic (exact) mass is 498 g/mol. The fourth-order valence-electron chi connectivity index (χ4n) is 5.25. The lowest BCUT2D eigenvalue weighted by Gasteiger charge is -2.32. The number of nitro benzene ring substituents is 1. The molecule has 2 saturated heterocycles. The molecule has 4 unspecified atom stereocenters. The summed E-state index contributed by atoms with van der Waals surface area (Å²) in [4.78, 5) is 66.8. The average Bonchev–Trinajstić information content (AvgIpc) is 3.39. The zero-order valence-electron chi connectivity index (χ0n) is 19.3. The number of methoxy groups -OCH3 is 1. The Morgan fingerprint density at radius 1 is 1.08 bits per heavy atom. The van der Waals surface area contributed by atoms with Crippen molar-refractivity contribution >= 4 is 34.9 Å². The summed E-state index contributed by atoms with van der Waals surface area (Å²) in [6.45, 7) is 0. The number of benzene rings is 2. The summed E-state index contributed by atoms with van der Waals surface area (Å²) >= 11 is 0. The van der Waals surface area contributed by atoms with Crippen molar-refractivity contribution in [3.05, 3.63) is 93.7 Å². The number of Topliss-reactive ketones (excluding diaryl/α,β-unsaturated/α-hetero) is 1. The first-order chi connectivity index (χ1) is 17.8. The van der Waals surface area contributed by atoms with Crippen molar-refractivity contribution in [2.75, 3.05) is 12.0 Å². The third-order valence-corrected chi connectivity index (χ3v) is 6.84. The van der Waals surface area contributed by atoms with E-state index in [1.165, 1.54) is 55.8 Å². The number of amides is 2. The van der Waals surface area contributed by atoms with Gasteiger partial charge in [0.1, 0.15) is 6.04 Å². The van der Waals surface area contributed by atoms with Gasteiger partial charge in [-0.25, -0.2) is 9.69 Å². The maximum Gasteiger partial charge on any atom is 0.339 e. The van der Waals surface area contributed by atoms with Gasteiger partial charge in [-0.05, 0) is 24.3 Å². The molecule has 37 heavy (non-hydrogen) atoms. The predicted molar refractivity (Wildman–Crippen MR) is 127 cm³/mol. The van der Waals surface area contributed by atoms with Gasteiger partial charge >= 0.3 is 5.97 Å². The van der Waals surface area contributed by atoms with E-state index in [0.717, 1.165) is 11.0 Å². The molecule has 0 N–H and O–H groups in total. The number of anilines is 1. The summed E-state index contributed by atoms with van der Waals surface area (Å²) in [5, 5.41) is 20.7. The van der Waals surface area contributed by atoms with E-state index < -0.39 is 52.4 Å². The van der Waals surface area contributed by atoms with Gasteiger partial charge in [-0.1, -0.05) is 24.3 Å². The molecule has 0 radical (unpaired) electrons. The van der Waals surface area contributed by atoms with E-state index in [1.54, 1.807) is 17.0 Å². The molecule has 11 nitrogen and oxygen atoms in total. The maximum absolute atomic E-state index is 13.8. The van der Waals surface area contributed by atoms with Crippen molar-refractivity contribution < 1.29 is 28.8 Å². The highest BCUT2D eigenvalue weighted by molar-refractivity contribution is 6.26. The number of rotatable bonds is 5. The van der Waals surface area contributed by atoms with E-state index in [9.17, 15) is 34.6 Å². The molecule has 3 aliphatic rings. The van der Waals surface area contributed by atoms with Crippen molar-refractivity contribution in [2.24, 2.45) is 11.8 Å². The number of hydrogen-bond acceptors (Lipinski definition) is 9. The van der Waals surface area contributed by atoms with Crippen molar-refractivity contribution in [1.29, 1.82) is 5.26 Å². The van der Waals surface area contributed by atoms with Gasteiger partial charge in [0.25, 0.3) is 5.69 Å². The predicted octanol–water partition coefficient (Wildman–Crippen LogP) is 2.40. The SMILES string of the molecule is COC(=O)c1ccccc1N1C(=O)C2C(C1=O)C(C(=O)c1cccc([N+](=O)[O-])c1)N1C=CC(C#N)=CC21. The summed E-state index contributed by atoms with van der Waals surface area (Å²) in [6.07, 6.45) is 4.50. The average molecular weight is 498 g/mol. The summed E-state index contributed by atoms with van der Waals surface area (Å²) in [6, 6.07) is 11.2. The number of fused-ring (bicyclic) bond motifs is 3. The minimum absolute atomic E-state index is 0.00175. The standard InChI is InChI=1S/C26H18N4O7/c1-37-26(34)17-7-2-3-8-18(17)29-24(32)20-19-11-14(13-27)9-10-28(19)22(21(20)25(29)33)23(31)15-5-4-6-16(12-15)30(35)36/h2-12,19-22H,1H3. The summed E-state index contributed by atoms with van der Waals surface area (Å²) in [5.41, 5.74) is 0.0117. The number of ether oxygens (including phenoxy) is 1. The molecule has 0 saturated carbocycles. The first kappa shape index (κ1) is 23.6. The van der Waals surface area contributed by atoms with Gasteiger partial charge in [0, 0.05) is 23.9 Å². The number of esters is 1. The van der Waals surface area contributed by atoms with Crippen LogP contribution in [0.25, 0.3) is 0 Å². The number of hydrogen-bond donors (Lipinski definition) is 0. The van der Waals surface area contributed by atoms with Crippen LogP contribution in [0.1, 0.15) is 20.7 Å². The van der Waals surface area contributed by atoms with E-state index in [2.05, 4.69) is 0 Å². The van der Waals surface area contributed by atoms with Crippen LogP contribution in [-0.2, 0) is 14.3 Å². The number of carbonyl (C=O) groups is 4. The zero-order valence-corrected chi connectivity index (χ0v) is 19.3. The van der Waals surface area contributed by atoms with Crippen LogP contribution in [-0.4, -0.2) is 52.6 Å². The Bertz CT molecular complexity index is 1490. The van der Waals surface area contributed by atoms with Crippen LogP contribution in [0.3, 0.4) is 0 Å². The van der Waals surface area contributed by atoms with Gasteiger partial charge in [-0.15, -0.1) is 0 Å². The number of ketones is 1. The molecule has 5 rings (SSSR count). The Balaban J connectivity index is 1.63. The lowest BCUT2D eigenvalue weighted by Crippen LogP contribution is -2.46. The number of allylic oxidation sites excluding steroid dienone is 2. The van der Waals surface area contributed by atoms with Crippen molar-refractivity contribution in [3.63, 3.8) is 0 Å². The highest BCUT2D eigenvalue weighted by Gasteiger charge is 2.63. The largest absolute Gasteiger partial charge is 0.465 e. The zero-order chi connectivity index (χ0) is 26.4. The normalized spacial score (nSPS) is 23.7. The van der Waals surface area contributed by atoms with Gasteiger partial charge in [-0.3, -0.25) is 24.5 Å². The van der Waals surface area contributed by atoms with Crippen molar-refractivity contribution in [3.8, 4) is 6.07 Å². The Hall–Kier alpha value is -5.11. The fourth-order valence-corrected chi connectivity index (χ4v) is 5.25. The molecular formula is C26H18N4O7. The molecule has 0 aromatic heterocycles. The Kier molecular flexibility index (Phi) is 5.64. The molecule has 2 aromatic rings. The molecule has 2 fully saturated rings. The maximum atomic E-state index is 13.8. The molecular weight excluding hydrogens is 480 g/mol. The third-order valence-electron chi connectivity index (χ3n) is 6.84. The van der Waals surface area contributed by atoms with Gasteiger partial charge in [0.05, 0.1) is 52.8 Å². The Labute approximate surface area is 210 Å². The van der Waals surface area contributed by atoms with Gasteiger partial charge in [-0.2, -0.15) is 5.26 Å². The molecule has 0 aliphatic carbocycles. The van der Waals surface area contributed by atoms with Crippen LogP contribution < -0.4 is 4.90 Å². The quantitative estimate of drug-likeness (QED) is 0.199. The fraction of sp³-hybridized carbons (Fsp3) is 0.192. The Morgan fingerprint density at radius 2 is 1.81 bits per heavy atom. The molecule has 4 atom stereocenters. The molecule has 2 amide bonds. The van der Waals surface area contributed by atoms with Crippen LogP contribution in [0.15, 0.2) is 72.5 Å². The minimum atomic E-state index is -1.17. The second kappa shape index (κ2) is 8.83. The lowest BCUT2D eigenvalue weighted by molar-refractivity contribution is -0.384. The van der Waals surface area contributed by atoms with Crippen LogP contribution in [0, 0.1) is 33.3 Å². The second-order valence-electron chi connectivity index (χ2n) is 8.68. The highest BCUT2D eigenvalue weighted by Crippen LogP contribution is 2.47. The van der Waals surface area contributed by atoms with Crippen molar-refractivity contribution in [1.82, 2.24) is 4.90 Å². The van der Waals surface area contributed by atoms with Crippen LogP contribution in [0.5, 0.6) is 0 Å². The van der Waals surface area contributed by atoms with Crippen LogP contribution >= 0.6 is 0 Å². The molecule has 11 heteroatoms. The summed E-state index contributed by atoms with van der Waals surface area (Å²) < 4.78 is 4.80. The molecule has 0 spiro atoms. The van der Waals surface area contributed by atoms with Crippen molar-refractivity contribution in [2.45, 2.75) is 12.1 Å². The van der Waals surface area contributed by atoms with Crippen LogP contribution in [0.4, 0.5) is 11.4 Å². The smallest absolute Gasteiger partial charge is 0.339 e. The molecule has 0 bridgehead atoms. The molecule has 2 aromatic carbocycles. The number of nitriles is 1. The number of carbonyl (C=O) groups excluding carboxylic acids is 4. The van der Waals surface area contributed by atoms with E-state index in [0.29, 0.717) is 0 Å². The number of imide groups is 1. The lowest BCUT2D eigenvalue weighted by atomic mass is 9.86. The topological polar surface area (TPSA) is 151 Å². The number of nitrogens with zero attached hydrogens (tertiary/aromatic N) is 4. The van der Waals surface area contributed by atoms with Crippen LogP contribution in [0.2, 0.25) is 0 Å². The highest BCUT2D eigenvalue weighted by atomic mass is 16.6. The Morgan fingerprint density at radius 3 is 2.51 bits per heavy atom. The third kappa shape index (κ3) is 3.58. The molecule has 184 valence electrons. The summed E-state index contributed by atoms with van der Waals surface area (Å²) in [5.74, 6) is -4.83. The second-order valence-corrected chi connectivity index (χ2v) is 8.68. The van der Waals surface area contributed by atoms with Gasteiger partial charge in [0.15, 0.2) is 5.78 Å². The first-order valence-corrected chi connectivity index (χ1v) is 11.2. The van der Waals surface area contributed by atoms with Gasteiger partial charge < -0.3 is 9.64 Å². The first-order valence-electron chi connectivity index (χ1n) is 11.2. The number of para-hydroxylation sites is 1. The minimum Gasteiger partial charge on any atom is -0.465 e. The number of non-ortho nitro benzene ring substituents is 1. The molecule has 3 aliphatic heterocycles. The number of nitro groups is 1. The van der Waals surface area contributed by atoms with E-state index in [4.69, 9.17) is 4.74 Å². The molecule has 3 heterocycles. The summed E-state index contributed by atoms with van der Waals surface area (Å²) in [7, 11) is 1.18. The van der Waals surface area contributed by atoms with E-state index >= 15 is 0 Å². The van der Waals surface area contributed by atoms with E-state index in [-0.39, 0.29) is 28.1 Å². The van der Waals surface area contributed by atoms with E-state index in [1.807, 2.05) is 6.07 Å². The van der Waals surface area contributed by atoms with Gasteiger partial charge in [0.2, 0.25) is 11.8 Å².